The van der Waals surface area contributed by atoms with Gasteiger partial charge in [0.2, 0.25) is 0 Å². The fourth-order valence-corrected chi connectivity index (χ4v) is 4.53. The van der Waals surface area contributed by atoms with Crippen LogP contribution in [0.25, 0.3) is 0 Å². The van der Waals surface area contributed by atoms with Gasteiger partial charge in [-0.3, -0.25) is 0 Å². The number of halogens is 2. The predicted octanol–water partition coefficient (Wildman–Crippen LogP) is 4.73. The summed E-state index contributed by atoms with van der Waals surface area (Å²) < 4.78 is 29.8. The molecule has 0 saturated heterocycles. The Hall–Kier alpha value is -2.46. The summed E-state index contributed by atoms with van der Waals surface area (Å²) in [6.07, 6.45) is 8.35. The molecule has 0 aliphatic heterocycles. The molecule has 1 aliphatic carbocycles. The number of aromatic nitrogens is 1. The van der Waals surface area contributed by atoms with Crippen LogP contribution in [0.4, 0.5) is 8.78 Å². The zero-order chi connectivity index (χ0) is 20.1. The number of hydrogen-bond donors (Lipinski definition) is 1. The van der Waals surface area contributed by atoms with E-state index in [1.807, 2.05) is 24.3 Å². The van der Waals surface area contributed by atoms with E-state index < -0.39 is 0 Å². The quantitative estimate of drug-likeness (QED) is 0.592. The van der Waals surface area contributed by atoms with Crippen molar-refractivity contribution in [3.63, 3.8) is 0 Å². The first kappa shape index (κ1) is 19.8. The predicted molar refractivity (Wildman–Crippen MR) is 112 cm³/mol. The van der Waals surface area contributed by atoms with Crippen molar-refractivity contribution >= 4 is 0 Å². The summed E-state index contributed by atoms with van der Waals surface area (Å²) in [7, 11) is 0. The van der Waals surface area contributed by atoms with Crippen LogP contribution in [-0.2, 0) is 19.6 Å². The SMILES string of the molecule is Fc1ccc(Cn2cccc2C[NH+](Cc2ccccc2F)C2CCCCC2)cc1. The minimum Gasteiger partial charge on any atom is -0.342 e. The summed E-state index contributed by atoms with van der Waals surface area (Å²) in [5.74, 6) is -0.318. The Kier molecular flexibility index (Phi) is 6.40. The first-order chi connectivity index (χ1) is 14.2. The fraction of sp³-hybridized carbons (Fsp3) is 0.360. The van der Waals surface area contributed by atoms with E-state index in [1.165, 1.54) is 54.8 Å². The molecule has 4 heteroatoms. The maximum Gasteiger partial charge on any atom is 0.132 e. The molecular formula is C25H29F2N2+. The fourth-order valence-electron chi connectivity index (χ4n) is 4.53. The van der Waals surface area contributed by atoms with Crippen molar-refractivity contribution in [3.05, 3.63) is 95.3 Å². The number of quaternary nitrogens is 1. The first-order valence-electron chi connectivity index (χ1n) is 10.7. The number of hydrogen-bond acceptors (Lipinski definition) is 0. The van der Waals surface area contributed by atoms with Crippen molar-refractivity contribution < 1.29 is 13.7 Å². The van der Waals surface area contributed by atoms with Gasteiger partial charge in [-0.1, -0.05) is 36.8 Å². The standard InChI is InChI=1S/C25H28F2N2/c26-22-14-12-20(13-15-22)17-28-16-6-10-24(28)19-29(23-8-2-1-3-9-23)18-21-7-4-5-11-25(21)27/h4-7,10-16,23H,1-3,8-9,17-19H2/p+1. The van der Waals surface area contributed by atoms with E-state index in [2.05, 4.69) is 22.9 Å². The molecule has 4 rings (SSSR count). The topological polar surface area (TPSA) is 9.37 Å². The van der Waals surface area contributed by atoms with Gasteiger partial charge >= 0.3 is 0 Å². The van der Waals surface area contributed by atoms with E-state index in [0.29, 0.717) is 12.6 Å². The van der Waals surface area contributed by atoms with Crippen LogP contribution in [-0.4, -0.2) is 10.6 Å². The average molecular weight is 396 g/mol. The summed E-state index contributed by atoms with van der Waals surface area (Å²) in [6.45, 7) is 2.30. The molecule has 29 heavy (non-hydrogen) atoms. The summed E-state index contributed by atoms with van der Waals surface area (Å²) in [6, 6.07) is 18.6. The van der Waals surface area contributed by atoms with Crippen LogP contribution in [0.2, 0.25) is 0 Å². The monoisotopic (exact) mass is 395 g/mol. The third-order valence-corrected chi connectivity index (χ3v) is 6.16. The van der Waals surface area contributed by atoms with E-state index >= 15 is 0 Å². The lowest BCUT2D eigenvalue weighted by Gasteiger charge is -2.32. The normalized spacial score (nSPS) is 16.1. The van der Waals surface area contributed by atoms with Gasteiger partial charge in [-0.2, -0.15) is 0 Å². The molecule has 1 atom stereocenters. The van der Waals surface area contributed by atoms with E-state index in [9.17, 15) is 8.78 Å². The minimum atomic E-state index is -0.209. The third kappa shape index (κ3) is 5.13. The number of nitrogens with zero attached hydrogens (tertiary/aromatic N) is 1. The Morgan fingerprint density at radius 2 is 1.59 bits per heavy atom. The van der Waals surface area contributed by atoms with E-state index in [-0.39, 0.29) is 11.6 Å². The Bertz CT molecular complexity index is 911. The number of nitrogens with one attached hydrogen (secondary N) is 1. The smallest absolute Gasteiger partial charge is 0.132 e. The van der Waals surface area contributed by atoms with Gasteiger partial charge in [0.25, 0.3) is 0 Å². The van der Waals surface area contributed by atoms with Crippen LogP contribution >= 0.6 is 0 Å². The van der Waals surface area contributed by atoms with Gasteiger partial charge in [-0.05, 0) is 61.6 Å². The summed E-state index contributed by atoms with van der Waals surface area (Å²) in [5.41, 5.74) is 3.12. The van der Waals surface area contributed by atoms with Crippen molar-refractivity contribution in [2.45, 2.75) is 57.8 Å². The highest BCUT2D eigenvalue weighted by molar-refractivity contribution is 5.19. The Balaban J connectivity index is 1.53. The van der Waals surface area contributed by atoms with Gasteiger partial charge < -0.3 is 9.47 Å². The second kappa shape index (κ2) is 9.36. The molecular weight excluding hydrogens is 366 g/mol. The largest absolute Gasteiger partial charge is 0.342 e. The molecule has 0 spiro atoms. The van der Waals surface area contributed by atoms with Crippen molar-refractivity contribution in [1.82, 2.24) is 4.57 Å². The highest BCUT2D eigenvalue weighted by atomic mass is 19.1. The van der Waals surface area contributed by atoms with Gasteiger partial charge in [0, 0.05) is 18.3 Å². The maximum atomic E-state index is 14.3. The van der Waals surface area contributed by atoms with E-state index in [1.54, 1.807) is 12.1 Å². The average Bonchev–Trinajstić information content (AvgIpc) is 3.18. The Labute approximate surface area is 171 Å². The van der Waals surface area contributed by atoms with Crippen LogP contribution < -0.4 is 4.90 Å². The van der Waals surface area contributed by atoms with Crippen LogP contribution in [0.15, 0.2) is 66.9 Å². The molecule has 1 unspecified atom stereocenters. The number of benzene rings is 2. The first-order valence-corrected chi connectivity index (χ1v) is 10.7. The molecule has 0 bridgehead atoms. The van der Waals surface area contributed by atoms with Crippen LogP contribution in [0.5, 0.6) is 0 Å². The van der Waals surface area contributed by atoms with Gasteiger partial charge in [0.05, 0.1) is 11.7 Å². The molecule has 1 aliphatic rings. The molecule has 152 valence electrons. The molecule has 0 amide bonds. The highest BCUT2D eigenvalue weighted by Crippen LogP contribution is 2.17. The summed E-state index contributed by atoms with van der Waals surface area (Å²) in [5, 5.41) is 0. The lowest BCUT2D eigenvalue weighted by molar-refractivity contribution is -0.954. The molecule has 1 N–H and O–H groups in total. The van der Waals surface area contributed by atoms with Crippen molar-refractivity contribution in [2.24, 2.45) is 0 Å². The molecule has 1 aromatic heterocycles. The minimum absolute atomic E-state index is 0.109. The van der Waals surface area contributed by atoms with Crippen molar-refractivity contribution in [2.75, 3.05) is 0 Å². The Morgan fingerprint density at radius 1 is 0.828 bits per heavy atom. The maximum absolute atomic E-state index is 14.3. The van der Waals surface area contributed by atoms with Gasteiger partial charge in [0.15, 0.2) is 0 Å². The lowest BCUT2D eigenvalue weighted by atomic mass is 9.93. The lowest BCUT2D eigenvalue weighted by Crippen LogP contribution is -3.13. The Morgan fingerprint density at radius 3 is 2.34 bits per heavy atom. The summed E-state index contributed by atoms with van der Waals surface area (Å²) >= 11 is 0. The van der Waals surface area contributed by atoms with Crippen LogP contribution in [0.3, 0.4) is 0 Å². The molecule has 1 heterocycles. The van der Waals surface area contributed by atoms with Gasteiger partial charge in [0.1, 0.15) is 24.7 Å². The third-order valence-electron chi connectivity index (χ3n) is 6.16. The van der Waals surface area contributed by atoms with Gasteiger partial charge in [-0.25, -0.2) is 8.78 Å². The second-order valence-corrected chi connectivity index (χ2v) is 8.19. The van der Waals surface area contributed by atoms with Crippen molar-refractivity contribution in [1.29, 1.82) is 0 Å². The van der Waals surface area contributed by atoms with E-state index in [4.69, 9.17) is 0 Å². The van der Waals surface area contributed by atoms with Gasteiger partial charge in [-0.15, -0.1) is 0 Å². The second-order valence-electron chi connectivity index (χ2n) is 8.19. The summed E-state index contributed by atoms with van der Waals surface area (Å²) in [4.78, 5) is 1.44. The van der Waals surface area contributed by atoms with E-state index in [0.717, 1.165) is 24.2 Å². The molecule has 3 aromatic rings. The molecule has 2 aromatic carbocycles. The molecule has 0 radical (unpaired) electrons. The van der Waals surface area contributed by atoms with Crippen LogP contribution in [0.1, 0.15) is 48.9 Å². The zero-order valence-electron chi connectivity index (χ0n) is 16.8. The van der Waals surface area contributed by atoms with Crippen molar-refractivity contribution in [3.8, 4) is 0 Å². The van der Waals surface area contributed by atoms with Crippen LogP contribution in [0, 0.1) is 11.6 Å². The molecule has 2 nitrogen and oxygen atoms in total. The number of rotatable bonds is 7. The zero-order valence-corrected chi connectivity index (χ0v) is 16.8. The highest BCUT2D eigenvalue weighted by Gasteiger charge is 2.26. The molecule has 1 saturated carbocycles. The molecule has 1 fully saturated rings.